The SMILES string of the molecule is O=Cc1cccc2c1CCC1(C2)OCCO1.OCc1cccc2c1CCC1(C2)OCCO1.[B].[H-].[Na+]. The number of hydrogen-bond donors (Lipinski definition) is 1. The summed E-state index contributed by atoms with van der Waals surface area (Å²) in [5, 5.41) is 9.29. The summed E-state index contributed by atoms with van der Waals surface area (Å²) in [6.07, 6.45) is 6.07. The van der Waals surface area contributed by atoms with E-state index in [0.29, 0.717) is 26.4 Å². The quantitative estimate of drug-likeness (QED) is 0.485. The molecule has 2 aliphatic heterocycles. The standard InChI is InChI=1S/C13H16O3.C13H14O3.B.Na.H/c2*14-9-11-3-1-2-10-8-13(5-4-12(10)11)15-6-7-16-13;;;/h1-3,14H,4-9H2;1-3,9H,4-8H2;;;/q;;;+1;-1. The maximum atomic E-state index is 10.9. The van der Waals surface area contributed by atoms with Crippen LogP contribution >= 0.6 is 0 Å². The van der Waals surface area contributed by atoms with E-state index in [4.69, 9.17) is 18.9 Å². The topological polar surface area (TPSA) is 74.2 Å². The molecule has 175 valence electrons. The second-order valence-electron chi connectivity index (χ2n) is 8.88. The van der Waals surface area contributed by atoms with E-state index in [1.807, 2.05) is 24.3 Å². The number of carbonyl (C=O) groups excluding carboxylic acids is 1. The van der Waals surface area contributed by atoms with Crippen LogP contribution in [0.4, 0.5) is 0 Å². The predicted molar refractivity (Wildman–Crippen MR) is 124 cm³/mol. The van der Waals surface area contributed by atoms with Crippen LogP contribution in [-0.4, -0.2) is 57.8 Å². The number of ether oxygens (including phenoxy) is 4. The van der Waals surface area contributed by atoms with Gasteiger partial charge in [0.05, 0.1) is 33.0 Å². The molecule has 0 unspecified atom stereocenters. The minimum absolute atomic E-state index is 0. The van der Waals surface area contributed by atoms with Crippen LogP contribution in [-0.2, 0) is 51.2 Å². The van der Waals surface area contributed by atoms with Gasteiger partial charge in [-0.05, 0) is 40.7 Å². The van der Waals surface area contributed by atoms with Crippen LogP contribution in [0.1, 0.15) is 52.4 Å². The molecule has 2 aromatic rings. The largest absolute Gasteiger partial charge is 1.00 e. The Morgan fingerprint density at radius 1 is 0.824 bits per heavy atom. The van der Waals surface area contributed by atoms with Crippen LogP contribution in [0.2, 0.25) is 0 Å². The molecule has 4 aliphatic rings. The van der Waals surface area contributed by atoms with Crippen molar-refractivity contribution in [1.82, 2.24) is 0 Å². The number of carbonyl (C=O) groups is 1. The van der Waals surface area contributed by atoms with E-state index >= 15 is 0 Å². The fourth-order valence-electron chi connectivity index (χ4n) is 5.43. The van der Waals surface area contributed by atoms with Crippen molar-refractivity contribution in [1.29, 1.82) is 0 Å². The molecule has 2 spiro atoms. The summed E-state index contributed by atoms with van der Waals surface area (Å²) < 4.78 is 22.9. The number of fused-ring (bicyclic) bond motifs is 2. The maximum absolute atomic E-state index is 10.9. The number of aliphatic hydroxyl groups excluding tert-OH is 1. The molecule has 3 radical (unpaired) electrons. The van der Waals surface area contributed by atoms with Crippen molar-refractivity contribution in [2.24, 2.45) is 0 Å². The van der Waals surface area contributed by atoms with Crippen molar-refractivity contribution in [3.05, 3.63) is 69.8 Å². The third-order valence-electron chi connectivity index (χ3n) is 7.04. The molecular weight excluding hydrogens is 442 g/mol. The number of hydrogen-bond acceptors (Lipinski definition) is 6. The van der Waals surface area contributed by atoms with E-state index in [2.05, 4.69) is 12.1 Å². The van der Waals surface area contributed by atoms with Crippen molar-refractivity contribution >= 4 is 14.7 Å². The molecule has 8 heteroatoms. The van der Waals surface area contributed by atoms with Gasteiger partial charge in [-0.15, -0.1) is 0 Å². The fraction of sp³-hybridized carbons (Fsp3) is 0.500. The molecule has 0 atom stereocenters. The molecule has 1 N–H and O–H groups in total. The summed E-state index contributed by atoms with van der Waals surface area (Å²) in [6.45, 7) is 2.90. The fourth-order valence-corrected chi connectivity index (χ4v) is 5.43. The Hall–Kier alpha value is -1.03. The molecule has 2 saturated heterocycles. The van der Waals surface area contributed by atoms with Crippen LogP contribution in [0.15, 0.2) is 36.4 Å². The summed E-state index contributed by atoms with van der Waals surface area (Å²) >= 11 is 0. The Morgan fingerprint density at radius 3 is 1.85 bits per heavy atom. The Labute approximate surface area is 226 Å². The van der Waals surface area contributed by atoms with Gasteiger partial charge in [0.15, 0.2) is 11.6 Å². The van der Waals surface area contributed by atoms with Gasteiger partial charge in [-0.3, -0.25) is 4.79 Å². The van der Waals surface area contributed by atoms with Crippen molar-refractivity contribution in [2.75, 3.05) is 26.4 Å². The molecule has 34 heavy (non-hydrogen) atoms. The first-order chi connectivity index (χ1) is 15.7. The number of rotatable bonds is 2. The van der Waals surface area contributed by atoms with Gasteiger partial charge in [0, 0.05) is 39.7 Å². The third-order valence-corrected chi connectivity index (χ3v) is 7.04. The summed E-state index contributed by atoms with van der Waals surface area (Å²) in [7, 11) is 0. The summed E-state index contributed by atoms with van der Waals surface area (Å²) in [6, 6.07) is 12.0. The molecular formula is C26H31BNaO6. The van der Waals surface area contributed by atoms with E-state index in [0.717, 1.165) is 55.9 Å². The molecule has 2 heterocycles. The number of aldehydes is 1. The monoisotopic (exact) mass is 473 g/mol. The van der Waals surface area contributed by atoms with Crippen LogP contribution in [0.3, 0.4) is 0 Å². The van der Waals surface area contributed by atoms with Gasteiger partial charge in [-0.2, -0.15) is 0 Å². The van der Waals surface area contributed by atoms with Crippen molar-refractivity contribution in [3.8, 4) is 0 Å². The molecule has 6 rings (SSSR count). The van der Waals surface area contributed by atoms with Crippen molar-refractivity contribution in [3.63, 3.8) is 0 Å². The molecule has 2 fully saturated rings. The van der Waals surface area contributed by atoms with Crippen molar-refractivity contribution < 1.29 is 59.8 Å². The van der Waals surface area contributed by atoms with E-state index < -0.39 is 5.79 Å². The first kappa shape index (κ1) is 27.6. The van der Waals surface area contributed by atoms with Crippen molar-refractivity contribution in [2.45, 2.75) is 56.7 Å². The maximum Gasteiger partial charge on any atom is 1.00 e. The Bertz CT molecular complexity index is 992. The minimum atomic E-state index is -0.408. The molecule has 2 aromatic carbocycles. The smallest absolute Gasteiger partial charge is 1.00 e. The molecule has 2 aliphatic carbocycles. The molecule has 6 nitrogen and oxygen atoms in total. The number of benzene rings is 2. The molecule has 0 amide bonds. The first-order valence-corrected chi connectivity index (χ1v) is 11.5. The van der Waals surface area contributed by atoms with E-state index in [-0.39, 0.29) is 51.8 Å². The third kappa shape index (κ3) is 5.52. The summed E-state index contributed by atoms with van der Waals surface area (Å²) in [4.78, 5) is 10.9. The van der Waals surface area contributed by atoms with Crippen LogP contribution < -0.4 is 29.6 Å². The zero-order valence-corrected chi connectivity index (χ0v) is 21.9. The van der Waals surface area contributed by atoms with Gasteiger partial charge in [-0.25, -0.2) is 0 Å². The Morgan fingerprint density at radius 2 is 1.32 bits per heavy atom. The minimum Gasteiger partial charge on any atom is -1.00 e. The zero-order chi connectivity index (χ0) is 22.0. The summed E-state index contributed by atoms with van der Waals surface area (Å²) in [5.74, 6) is -0.782. The summed E-state index contributed by atoms with van der Waals surface area (Å²) in [5.41, 5.74) is 6.77. The van der Waals surface area contributed by atoms with Gasteiger partial charge in [0.1, 0.15) is 6.29 Å². The average molecular weight is 473 g/mol. The second-order valence-corrected chi connectivity index (χ2v) is 8.88. The molecule has 0 saturated carbocycles. The van der Waals surface area contributed by atoms with Crippen LogP contribution in [0, 0.1) is 0 Å². The first-order valence-electron chi connectivity index (χ1n) is 11.5. The van der Waals surface area contributed by atoms with Crippen LogP contribution in [0.25, 0.3) is 0 Å². The molecule has 0 bridgehead atoms. The van der Waals surface area contributed by atoms with Gasteiger partial charge < -0.3 is 25.5 Å². The normalized spacial score (nSPS) is 20.9. The Balaban J connectivity index is 0.000000227. The Kier molecular flexibility index (Phi) is 9.57. The van der Waals surface area contributed by atoms with Gasteiger partial charge in [-0.1, -0.05) is 36.4 Å². The van der Waals surface area contributed by atoms with Gasteiger partial charge in [0.25, 0.3) is 0 Å². The molecule has 0 aromatic heterocycles. The average Bonchev–Trinajstić information content (AvgIpc) is 3.48. The second kappa shape index (κ2) is 11.8. The van der Waals surface area contributed by atoms with Crippen LogP contribution in [0.5, 0.6) is 0 Å². The zero-order valence-electron chi connectivity index (χ0n) is 20.9. The van der Waals surface area contributed by atoms with E-state index in [1.54, 1.807) is 0 Å². The van der Waals surface area contributed by atoms with Gasteiger partial charge >= 0.3 is 29.6 Å². The van der Waals surface area contributed by atoms with Gasteiger partial charge in [0.2, 0.25) is 0 Å². The van der Waals surface area contributed by atoms with E-state index in [9.17, 15) is 9.90 Å². The number of aliphatic hydroxyl groups is 1. The predicted octanol–water partition coefficient (Wildman–Crippen LogP) is -0.123. The van der Waals surface area contributed by atoms with E-state index in [1.165, 1.54) is 22.3 Å².